The molecule has 1 fully saturated rings. The van der Waals surface area contributed by atoms with E-state index in [1.807, 2.05) is 43.3 Å². The fourth-order valence-electron chi connectivity index (χ4n) is 4.70. The van der Waals surface area contributed by atoms with Crippen LogP contribution in [0.1, 0.15) is 25.0 Å². The minimum atomic E-state index is -0.865. The van der Waals surface area contributed by atoms with E-state index in [9.17, 15) is 9.90 Å². The van der Waals surface area contributed by atoms with Gasteiger partial charge in [0.2, 0.25) is 5.95 Å². The zero-order valence-corrected chi connectivity index (χ0v) is 22.1. The number of benzene rings is 2. The largest absolute Gasteiger partial charge is 0.481 e. The third-order valence-corrected chi connectivity index (χ3v) is 8.02. The van der Waals surface area contributed by atoms with E-state index in [1.165, 1.54) is 11.3 Å². The number of fused-ring (bicyclic) bond motifs is 1. The van der Waals surface area contributed by atoms with E-state index in [1.54, 1.807) is 6.20 Å². The Balaban J connectivity index is 1.56. The van der Waals surface area contributed by atoms with Crippen LogP contribution in [0.15, 0.2) is 42.6 Å². The van der Waals surface area contributed by atoms with Crippen molar-refractivity contribution in [2.24, 2.45) is 0 Å². The highest BCUT2D eigenvalue weighted by Crippen LogP contribution is 2.40. The van der Waals surface area contributed by atoms with Crippen LogP contribution >= 0.6 is 22.9 Å². The molecule has 0 saturated carbocycles. The lowest BCUT2D eigenvalue weighted by Gasteiger charge is -2.36. The van der Waals surface area contributed by atoms with Gasteiger partial charge in [-0.1, -0.05) is 23.7 Å². The predicted octanol–water partition coefficient (Wildman–Crippen LogP) is 5.54. The smallest absolute Gasteiger partial charge is 0.307 e. The average Bonchev–Trinajstić information content (AvgIpc) is 3.28. The summed E-state index contributed by atoms with van der Waals surface area (Å²) in [5, 5.41) is 11.0. The first kappa shape index (κ1) is 24.6. The number of anilines is 1. The summed E-state index contributed by atoms with van der Waals surface area (Å²) in [6, 6.07) is 11.9. The number of carboxylic acids is 1. The molecule has 0 spiro atoms. The zero-order valence-electron chi connectivity index (χ0n) is 20.5. The third kappa shape index (κ3) is 4.93. The molecule has 0 unspecified atom stereocenters. The van der Waals surface area contributed by atoms with Gasteiger partial charge in [-0.15, -0.1) is 11.3 Å². The van der Waals surface area contributed by atoms with Gasteiger partial charge in [-0.25, -0.2) is 15.0 Å². The molecule has 0 radical (unpaired) electrons. The number of piperazine rings is 1. The Hall–Kier alpha value is -3.07. The number of hydrogen-bond donors (Lipinski definition) is 1. The van der Waals surface area contributed by atoms with Crippen molar-refractivity contribution in [3.05, 3.63) is 58.7 Å². The molecule has 5 rings (SSSR count). The van der Waals surface area contributed by atoms with Gasteiger partial charge in [-0.05, 0) is 61.7 Å². The van der Waals surface area contributed by atoms with Gasteiger partial charge in [0.25, 0.3) is 0 Å². The van der Waals surface area contributed by atoms with Crippen LogP contribution in [0.25, 0.3) is 32.0 Å². The number of rotatable bonds is 6. The van der Waals surface area contributed by atoms with E-state index < -0.39 is 5.97 Å². The molecule has 0 bridgehead atoms. The maximum absolute atomic E-state index is 11.7. The van der Waals surface area contributed by atoms with Gasteiger partial charge in [0.15, 0.2) is 0 Å². The predicted molar refractivity (Wildman–Crippen MR) is 146 cm³/mol. The van der Waals surface area contributed by atoms with Crippen molar-refractivity contribution in [2.75, 3.05) is 31.1 Å². The Bertz CT molecular complexity index is 1410. The summed E-state index contributed by atoms with van der Waals surface area (Å²) in [7, 11) is 0. The first-order chi connectivity index (χ1) is 17.3. The van der Waals surface area contributed by atoms with Crippen LogP contribution in [0.5, 0.6) is 0 Å². The molecule has 0 aliphatic carbocycles. The van der Waals surface area contributed by atoms with Gasteiger partial charge in [0.1, 0.15) is 10.7 Å². The van der Waals surface area contributed by atoms with Crippen molar-refractivity contribution < 1.29 is 9.90 Å². The number of halogens is 1. The highest BCUT2D eigenvalue weighted by atomic mass is 35.5. The summed E-state index contributed by atoms with van der Waals surface area (Å²) in [5.74, 6) is -0.147. The van der Waals surface area contributed by atoms with E-state index >= 15 is 0 Å². The van der Waals surface area contributed by atoms with Crippen LogP contribution < -0.4 is 4.90 Å². The fourth-order valence-corrected chi connectivity index (χ4v) is 5.94. The SMILES string of the molecule is Cc1cc2nc(-c3ccnc(N4CCN(C(C)C)CC4)n3)sc2c(-c2ccc(Cl)cc2)c1CC(=O)O. The fraction of sp³-hybridized carbons (Fsp3) is 0.333. The number of aromatic nitrogens is 3. The highest BCUT2D eigenvalue weighted by molar-refractivity contribution is 7.22. The number of carbonyl (C=O) groups is 1. The summed E-state index contributed by atoms with van der Waals surface area (Å²) in [4.78, 5) is 30.7. The second-order valence-electron chi connectivity index (χ2n) is 9.35. The minimum Gasteiger partial charge on any atom is -0.481 e. The second kappa shape index (κ2) is 10.1. The van der Waals surface area contributed by atoms with Gasteiger partial charge >= 0.3 is 5.97 Å². The molecule has 36 heavy (non-hydrogen) atoms. The molecular formula is C27H28ClN5O2S. The summed E-state index contributed by atoms with van der Waals surface area (Å²) >= 11 is 7.67. The number of carboxylic acid groups (broad SMARTS) is 1. The lowest BCUT2D eigenvalue weighted by atomic mass is 9.93. The topological polar surface area (TPSA) is 82.5 Å². The number of aryl methyl sites for hydroxylation is 1. The molecule has 9 heteroatoms. The monoisotopic (exact) mass is 521 g/mol. The molecule has 0 atom stereocenters. The quantitative estimate of drug-likeness (QED) is 0.356. The van der Waals surface area contributed by atoms with Crippen molar-refractivity contribution in [3.63, 3.8) is 0 Å². The Morgan fingerprint density at radius 1 is 1.11 bits per heavy atom. The van der Waals surface area contributed by atoms with E-state index in [0.717, 1.165) is 75.3 Å². The van der Waals surface area contributed by atoms with Gasteiger partial charge in [0, 0.05) is 49.0 Å². The zero-order chi connectivity index (χ0) is 25.4. The van der Waals surface area contributed by atoms with Gasteiger partial charge in [0.05, 0.1) is 16.6 Å². The lowest BCUT2D eigenvalue weighted by Crippen LogP contribution is -2.49. The summed E-state index contributed by atoms with van der Waals surface area (Å²) in [6.45, 7) is 10.1. The van der Waals surface area contributed by atoms with Gasteiger partial charge in [-0.2, -0.15) is 0 Å². The molecular weight excluding hydrogens is 494 g/mol. The molecule has 0 amide bonds. The molecule has 3 heterocycles. The Morgan fingerprint density at radius 2 is 1.83 bits per heavy atom. The first-order valence-electron chi connectivity index (χ1n) is 12.0. The van der Waals surface area contributed by atoms with Crippen LogP contribution in [-0.2, 0) is 11.2 Å². The molecule has 186 valence electrons. The normalized spacial score (nSPS) is 14.6. The number of thiazole rings is 1. The van der Waals surface area contributed by atoms with Crippen molar-refractivity contribution in [1.82, 2.24) is 19.9 Å². The van der Waals surface area contributed by atoms with Crippen LogP contribution in [0.3, 0.4) is 0 Å². The van der Waals surface area contributed by atoms with E-state index in [-0.39, 0.29) is 6.42 Å². The molecule has 1 aliphatic heterocycles. The standard InChI is InChI=1S/C27H28ClN5O2S/c1-16(2)32-10-12-33(13-11-32)27-29-9-8-21(31-27)26-30-22-14-17(3)20(15-23(34)35)24(25(22)36-26)18-4-6-19(28)7-5-18/h4-9,14,16H,10-13,15H2,1-3H3,(H,34,35). The van der Waals surface area contributed by atoms with E-state index in [4.69, 9.17) is 21.6 Å². The Labute approximate surface area is 219 Å². The van der Waals surface area contributed by atoms with E-state index in [0.29, 0.717) is 11.1 Å². The first-order valence-corrected chi connectivity index (χ1v) is 13.2. The Morgan fingerprint density at radius 3 is 2.50 bits per heavy atom. The van der Waals surface area contributed by atoms with E-state index in [2.05, 4.69) is 28.6 Å². The van der Waals surface area contributed by atoms with Crippen molar-refractivity contribution in [3.8, 4) is 21.8 Å². The molecule has 7 nitrogen and oxygen atoms in total. The number of aliphatic carboxylic acids is 1. The van der Waals surface area contributed by atoms with Gasteiger partial charge in [-0.3, -0.25) is 9.69 Å². The highest BCUT2D eigenvalue weighted by Gasteiger charge is 2.23. The average molecular weight is 522 g/mol. The molecule has 2 aromatic heterocycles. The minimum absolute atomic E-state index is 0.0625. The number of nitrogens with zero attached hydrogens (tertiary/aromatic N) is 5. The second-order valence-corrected chi connectivity index (χ2v) is 10.8. The summed E-state index contributed by atoms with van der Waals surface area (Å²) < 4.78 is 0.944. The van der Waals surface area contributed by atoms with Crippen molar-refractivity contribution in [1.29, 1.82) is 0 Å². The number of hydrogen-bond acceptors (Lipinski definition) is 7. The van der Waals surface area contributed by atoms with Crippen molar-refractivity contribution in [2.45, 2.75) is 33.2 Å². The third-order valence-electron chi connectivity index (χ3n) is 6.66. The Kier molecular flexibility index (Phi) is 6.92. The molecule has 2 aromatic carbocycles. The lowest BCUT2D eigenvalue weighted by molar-refractivity contribution is -0.136. The van der Waals surface area contributed by atoms with Crippen molar-refractivity contribution >= 4 is 45.1 Å². The van der Waals surface area contributed by atoms with Gasteiger partial charge < -0.3 is 10.0 Å². The molecule has 1 aliphatic rings. The molecule has 1 N–H and O–H groups in total. The van der Waals surface area contributed by atoms with Crippen LogP contribution in [-0.4, -0.2) is 63.1 Å². The maximum Gasteiger partial charge on any atom is 0.307 e. The van der Waals surface area contributed by atoms with Crippen LogP contribution in [0.2, 0.25) is 5.02 Å². The maximum atomic E-state index is 11.7. The van der Waals surface area contributed by atoms with Crippen LogP contribution in [0, 0.1) is 6.92 Å². The molecule has 4 aromatic rings. The molecule has 1 saturated heterocycles. The summed E-state index contributed by atoms with van der Waals surface area (Å²) in [5.41, 5.74) is 5.11. The summed E-state index contributed by atoms with van der Waals surface area (Å²) in [6.07, 6.45) is 1.73. The van der Waals surface area contributed by atoms with Crippen LogP contribution in [0.4, 0.5) is 5.95 Å².